The third-order valence-corrected chi connectivity index (χ3v) is 31.8. The molecule has 0 aliphatic heterocycles. The van der Waals surface area contributed by atoms with Crippen LogP contribution in [0.15, 0.2) is 485 Å². The molecule has 0 unspecified atom stereocenters. The number of thiophene rings is 3. The largest absolute Gasteiger partial charge is 0.497 e. The molecule has 646 valence electrons. The summed E-state index contributed by atoms with van der Waals surface area (Å²) in [5.41, 5.74) is 28.1. The molecule has 0 saturated carbocycles. The second-order valence-corrected chi connectivity index (χ2v) is 39.1. The predicted octanol–water partition coefficient (Wildman–Crippen LogP) is 37.7. The van der Waals surface area contributed by atoms with Gasteiger partial charge in [0.2, 0.25) is 0 Å². The highest BCUT2D eigenvalue weighted by Gasteiger charge is 2.28. The van der Waals surface area contributed by atoms with Gasteiger partial charge in [0.05, 0.1) is 40.2 Å². The van der Waals surface area contributed by atoms with Crippen LogP contribution in [0.1, 0.15) is 0 Å². The van der Waals surface area contributed by atoms with Crippen LogP contribution in [0, 0.1) is 0 Å². The number of aromatic nitrogens is 3. The summed E-state index contributed by atoms with van der Waals surface area (Å²) >= 11 is 5.73. The lowest BCUT2D eigenvalue weighted by molar-refractivity contribution is 0.415. The lowest BCUT2D eigenvalue weighted by Crippen LogP contribution is -1.94. The quantitative estimate of drug-likeness (QED) is 0.127. The Kier molecular flexibility index (Phi) is 19.4. The summed E-state index contributed by atoms with van der Waals surface area (Å²) in [7, 11) is 1.71. The Hall–Kier alpha value is -17.0. The fraction of sp³-hybridized carbons (Fsp3) is 0.00763. The molecular formula is C131H83N3OS3. The first-order valence-electron chi connectivity index (χ1n) is 47.1. The van der Waals surface area contributed by atoms with Gasteiger partial charge in [-0.2, -0.15) is 0 Å². The minimum atomic E-state index is 0.864. The minimum Gasteiger partial charge on any atom is -0.497 e. The van der Waals surface area contributed by atoms with Crippen molar-refractivity contribution in [3.8, 4) is 101 Å². The van der Waals surface area contributed by atoms with Gasteiger partial charge >= 0.3 is 0 Å². The average Bonchev–Trinajstić information content (AvgIpc) is 1.54. The van der Waals surface area contributed by atoms with E-state index in [4.69, 9.17) is 4.74 Å². The van der Waals surface area contributed by atoms with Crippen LogP contribution in [0.4, 0.5) is 0 Å². The van der Waals surface area contributed by atoms with Crippen LogP contribution < -0.4 is 4.74 Å². The second-order valence-electron chi connectivity index (χ2n) is 35.9. The summed E-state index contributed by atoms with van der Waals surface area (Å²) in [6, 6.07) is 177. The van der Waals surface area contributed by atoms with Crippen LogP contribution in [-0.2, 0) is 0 Å². The normalized spacial score (nSPS) is 11.8. The maximum Gasteiger partial charge on any atom is 0.118 e. The van der Waals surface area contributed by atoms with E-state index in [2.05, 4.69) is 487 Å². The van der Waals surface area contributed by atoms with Gasteiger partial charge in [0.25, 0.3) is 0 Å². The Labute approximate surface area is 808 Å². The van der Waals surface area contributed by atoms with E-state index in [-0.39, 0.29) is 0 Å². The number of nitrogens with zero attached hydrogens (tertiary/aromatic N) is 3. The third-order valence-electron chi connectivity index (χ3n) is 28.2. The molecular weight excluding hydrogens is 1730 g/mol. The number of ether oxygens (including phenoxy) is 1. The second kappa shape index (κ2) is 33.2. The van der Waals surface area contributed by atoms with Crippen molar-refractivity contribution in [2.75, 3.05) is 7.11 Å². The lowest BCUT2D eigenvalue weighted by atomic mass is 9.96. The Morgan fingerprint density at radius 2 is 0.428 bits per heavy atom. The summed E-state index contributed by atoms with van der Waals surface area (Å²) in [5.74, 6) is 0.864. The maximum absolute atomic E-state index is 5.45. The van der Waals surface area contributed by atoms with Crippen molar-refractivity contribution in [3.05, 3.63) is 485 Å². The van der Waals surface area contributed by atoms with Crippen molar-refractivity contribution in [2.24, 2.45) is 0 Å². The van der Waals surface area contributed by atoms with Gasteiger partial charge in [0.15, 0.2) is 0 Å². The van der Waals surface area contributed by atoms with Crippen LogP contribution >= 0.6 is 34.0 Å². The van der Waals surface area contributed by atoms with Crippen molar-refractivity contribution < 1.29 is 4.74 Å². The molecule has 138 heavy (non-hydrogen) atoms. The molecule has 29 rings (SSSR count). The number of hydrogen-bond acceptors (Lipinski definition) is 4. The number of rotatable bonds is 11. The zero-order valence-electron chi connectivity index (χ0n) is 75.2. The third kappa shape index (κ3) is 13.4. The molecule has 6 aromatic heterocycles. The van der Waals surface area contributed by atoms with Crippen molar-refractivity contribution in [2.45, 2.75) is 0 Å². The zero-order chi connectivity index (χ0) is 91.0. The zero-order valence-corrected chi connectivity index (χ0v) is 77.6. The van der Waals surface area contributed by atoms with Crippen molar-refractivity contribution >= 4 is 203 Å². The van der Waals surface area contributed by atoms with E-state index < -0.39 is 0 Å². The smallest absolute Gasteiger partial charge is 0.118 e. The number of methoxy groups -OCH3 is 1. The molecule has 0 spiro atoms. The van der Waals surface area contributed by atoms with E-state index in [1.54, 1.807) is 7.11 Å². The van der Waals surface area contributed by atoms with E-state index in [1.807, 2.05) is 46.1 Å². The number of fused-ring (bicyclic) bond motifs is 31. The molecule has 0 bridgehead atoms. The topological polar surface area (TPSA) is 24.0 Å². The molecule has 0 atom stereocenters. The first-order valence-corrected chi connectivity index (χ1v) is 49.5. The van der Waals surface area contributed by atoms with Gasteiger partial charge in [-0.25, -0.2) is 0 Å². The fourth-order valence-electron chi connectivity index (χ4n) is 21.8. The molecule has 0 aliphatic carbocycles. The van der Waals surface area contributed by atoms with Crippen LogP contribution in [0.5, 0.6) is 5.75 Å². The van der Waals surface area contributed by atoms with Crippen molar-refractivity contribution in [1.29, 1.82) is 0 Å². The van der Waals surface area contributed by atoms with E-state index in [0.717, 1.165) is 5.75 Å². The fourth-order valence-corrected chi connectivity index (χ4v) is 25.5. The van der Waals surface area contributed by atoms with Gasteiger partial charge in [-0.15, -0.1) is 34.0 Å². The van der Waals surface area contributed by atoms with Gasteiger partial charge in [0, 0.05) is 142 Å². The number of para-hydroxylation sites is 3. The molecule has 0 radical (unpaired) electrons. The molecule has 4 nitrogen and oxygen atoms in total. The van der Waals surface area contributed by atoms with Crippen LogP contribution in [0.3, 0.4) is 0 Å². The summed E-state index contributed by atoms with van der Waals surface area (Å²) in [4.78, 5) is 0. The Bertz CT molecular complexity index is 9890. The molecule has 29 aromatic rings. The molecule has 0 saturated heterocycles. The Morgan fingerprint density at radius 1 is 0.167 bits per heavy atom. The highest BCUT2D eigenvalue weighted by atomic mass is 32.1. The van der Waals surface area contributed by atoms with Crippen LogP contribution in [0.25, 0.3) is 264 Å². The standard InChI is InChI=1S/C46H29NS.C44H27NS.C41H27NOS/c1-4-12-30(13-5-1)32-20-22-33(23-21-32)35-24-26-39-41(29-35)47(36-16-8-3-9-17-36)45-37-18-10-11-19-38(37)46-44(43(39)45)40-28-34(25-27-42(40)48-46)31-14-6-2-7-15-31;1-3-11-28(12-4-1)32-22-24-40-38(26-32)42-41-37-23-21-33(31-20-19-29-13-7-8-14-30(29)25-31)27-39(37)45(34-15-5-2-6-16-34)43(41)35-17-9-10-18-36(35)44(42)46-40;1-43-31-20-16-27(17-21-31)28-18-22-36-34(24-28)38-39-35-25-29(26-10-4-2-5-11-26)19-23-37(35)44-41(39)33-15-9-8-14-32(33)40(38)42(36)30-12-6-3-7-13-30/h1-29H;1-27H;2-25H,1H3. The summed E-state index contributed by atoms with van der Waals surface area (Å²) in [6.45, 7) is 0. The lowest BCUT2D eigenvalue weighted by Gasteiger charge is -2.11. The monoisotopic (exact) mass is 1810 g/mol. The number of hydrogen-bond donors (Lipinski definition) is 0. The molecule has 6 heterocycles. The summed E-state index contributed by atoms with van der Waals surface area (Å²) in [6.07, 6.45) is 0. The first-order chi connectivity index (χ1) is 68.4. The average molecular weight is 1810 g/mol. The molecule has 7 heteroatoms. The predicted molar refractivity (Wildman–Crippen MR) is 596 cm³/mol. The van der Waals surface area contributed by atoms with E-state index in [1.165, 1.54) is 264 Å². The van der Waals surface area contributed by atoms with Gasteiger partial charge in [-0.3, -0.25) is 0 Å². The summed E-state index contributed by atoms with van der Waals surface area (Å²) < 4.78 is 20.9. The SMILES string of the molecule is COc1ccc(-c2ccc3c(c2)c2c4c5cc(-c6ccccc6)ccc5sc4c4ccccc4c2n3-c2ccccc2)cc1.c1ccc(-c2ccc(-c3ccc4c5c6c7cc(-c8ccccc8)ccc7sc6c6ccccc6c5n(-c5ccccc5)c4c3)cc2)cc1.c1ccc(-c2ccc3sc4c5ccccc5c5c(c6ccc(-c7ccc8ccccc8c7)cc6n5-c5ccccc5)c4c3c2)cc1. The van der Waals surface area contributed by atoms with E-state index in [0.29, 0.717) is 0 Å². The highest BCUT2D eigenvalue weighted by Crippen LogP contribution is 2.55. The maximum atomic E-state index is 5.45. The van der Waals surface area contributed by atoms with Crippen molar-refractivity contribution in [3.63, 3.8) is 0 Å². The molecule has 0 amide bonds. The first kappa shape index (κ1) is 80.6. The van der Waals surface area contributed by atoms with Crippen LogP contribution in [0.2, 0.25) is 0 Å². The molecule has 0 aliphatic rings. The van der Waals surface area contributed by atoms with Gasteiger partial charge in [-0.05, 0) is 204 Å². The van der Waals surface area contributed by atoms with Crippen molar-refractivity contribution in [1.82, 2.24) is 13.7 Å². The Morgan fingerprint density at radius 3 is 0.819 bits per heavy atom. The van der Waals surface area contributed by atoms with Crippen LogP contribution in [-0.4, -0.2) is 20.8 Å². The number of benzene rings is 23. The highest BCUT2D eigenvalue weighted by molar-refractivity contribution is 7.28. The summed E-state index contributed by atoms with van der Waals surface area (Å²) in [5, 5.41) is 26.0. The molecule has 0 fully saturated rings. The molecule has 23 aromatic carbocycles. The minimum absolute atomic E-state index is 0.864. The van der Waals surface area contributed by atoms with Gasteiger partial charge in [0.1, 0.15) is 5.75 Å². The Balaban J connectivity index is 0.000000105. The van der Waals surface area contributed by atoms with Gasteiger partial charge in [-0.1, -0.05) is 370 Å². The van der Waals surface area contributed by atoms with E-state index in [9.17, 15) is 0 Å². The van der Waals surface area contributed by atoms with E-state index >= 15 is 0 Å². The molecule has 0 N–H and O–H groups in total. The van der Waals surface area contributed by atoms with Gasteiger partial charge < -0.3 is 18.4 Å².